The van der Waals surface area contributed by atoms with Gasteiger partial charge in [-0.3, -0.25) is 5.43 Å². The molecule has 0 spiro atoms. The van der Waals surface area contributed by atoms with Crippen molar-refractivity contribution in [3.8, 4) is 0 Å². The van der Waals surface area contributed by atoms with Gasteiger partial charge in [-0.1, -0.05) is 0 Å². The zero-order chi connectivity index (χ0) is 13.9. The van der Waals surface area contributed by atoms with E-state index in [0.717, 1.165) is 5.39 Å². The van der Waals surface area contributed by atoms with E-state index in [4.69, 9.17) is 5.84 Å². The van der Waals surface area contributed by atoms with E-state index < -0.39 is 25.4 Å². The molecule has 9 heteroatoms. The van der Waals surface area contributed by atoms with E-state index in [0.29, 0.717) is 10.6 Å². The van der Waals surface area contributed by atoms with E-state index in [2.05, 4.69) is 20.7 Å². The number of nitrogens with two attached hydrogens (primary N) is 1. The van der Waals surface area contributed by atoms with Gasteiger partial charge in [0.05, 0.1) is 25.2 Å². The maximum Gasteiger partial charge on any atom is 0.240 e. The highest BCUT2D eigenvalue weighted by Crippen LogP contribution is 2.28. The standard InChI is InChI=1S/C10H15N5O3S/c11-15-9-12-7(6-1-2-19-8(6)13-9)14-10(3-16,4-17)5-18/h1-2,16-18H,3-5,11H2,(H2,12,13,14,15). The number of aliphatic hydroxyl groups excluding tert-OH is 3. The fraction of sp³-hybridized carbons (Fsp3) is 0.400. The number of nitrogens with zero attached hydrogens (tertiary/aromatic N) is 2. The number of rotatable bonds is 6. The first kappa shape index (κ1) is 13.9. The van der Waals surface area contributed by atoms with E-state index in [1.54, 1.807) is 6.07 Å². The molecule has 2 heterocycles. The average Bonchev–Trinajstić information content (AvgIpc) is 2.93. The maximum absolute atomic E-state index is 9.32. The normalized spacial score (nSPS) is 11.8. The lowest BCUT2D eigenvalue weighted by Crippen LogP contribution is -2.49. The van der Waals surface area contributed by atoms with Gasteiger partial charge in [0.1, 0.15) is 16.2 Å². The van der Waals surface area contributed by atoms with Gasteiger partial charge in [0.15, 0.2) is 0 Å². The second-order valence-corrected chi connectivity index (χ2v) is 4.95. The molecule has 2 rings (SSSR count). The van der Waals surface area contributed by atoms with Gasteiger partial charge in [-0.25, -0.2) is 10.8 Å². The van der Waals surface area contributed by atoms with Crippen LogP contribution < -0.4 is 16.6 Å². The predicted octanol–water partition coefficient (Wildman–Crippen LogP) is -0.896. The van der Waals surface area contributed by atoms with Gasteiger partial charge in [0, 0.05) is 0 Å². The summed E-state index contributed by atoms with van der Waals surface area (Å²) in [4.78, 5) is 9.00. The van der Waals surface area contributed by atoms with Crippen molar-refractivity contribution in [3.05, 3.63) is 11.4 Å². The Hall–Kier alpha value is -1.52. The number of hydrogen-bond acceptors (Lipinski definition) is 9. The Morgan fingerprint density at radius 3 is 2.47 bits per heavy atom. The van der Waals surface area contributed by atoms with Crippen LogP contribution in [0.15, 0.2) is 11.4 Å². The van der Waals surface area contributed by atoms with E-state index in [1.807, 2.05) is 5.38 Å². The molecule has 0 aliphatic heterocycles. The summed E-state index contributed by atoms with van der Waals surface area (Å²) in [6.07, 6.45) is 0. The molecule has 0 atom stereocenters. The minimum absolute atomic E-state index is 0.208. The van der Waals surface area contributed by atoms with Gasteiger partial charge in [0.2, 0.25) is 5.95 Å². The van der Waals surface area contributed by atoms with Gasteiger partial charge in [0.25, 0.3) is 0 Å². The number of fused-ring (bicyclic) bond motifs is 1. The first-order valence-corrected chi connectivity index (χ1v) is 6.38. The van der Waals surface area contributed by atoms with Crippen LogP contribution in [0.5, 0.6) is 0 Å². The highest BCUT2D eigenvalue weighted by Gasteiger charge is 2.29. The molecule has 7 N–H and O–H groups in total. The van der Waals surface area contributed by atoms with Crippen molar-refractivity contribution >= 4 is 33.3 Å². The third-order valence-electron chi connectivity index (χ3n) is 2.75. The predicted molar refractivity (Wildman–Crippen MR) is 72.8 cm³/mol. The van der Waals surface area contributed by atoms with E-state index in [9.17, 15) is 15.3 Å². The fourth-order valence-corrected chi connectivity index (χ4v) is 2.30. The van der Waals surface area contributed by atoms with Crippen molar-refractivity contribution in [2.45, 2.75) is 5.54 Å². The quantitative estimate of drug-likeness (QED) is 0.297. The molecule has 0 unspecified atom stereocenters. The van der Waals surface area contributed by atoms with Crippen LogP contribution in [-0.4, -0.2) is 50.6 Å². The minimum Gasteiger partial charge on any atom is -0.394 e. The summed E-state index contributed by atoms with van der Waals surface area (Å²) in [6, 6.07) is 1.81. The van der Waals surface area contributed by atoms with Crippen molar-refractivity contribution in [2.24, 2.45) is 5.84 Å². The average molecular weight is 285 g/mol. The molecule has 0 saturated carbocycles. The summed E-state index contributed by atoms with van der Waals surface area (Å²) in [6.45, 7) is -1.33. The first-order chi connectivity index (χ1) is 9.18. The molecule has 0 amide bonds. The molecule has 0 aliphatic carbocycles. The van der Waals surface area contributed by atoms with Crippen LogP contribution in [0, 0.1) is 0 Å². The van der Waals surface area contributed by atoms with E-state index >= 15 is 0 Å². The highest BCUT2D eigenvalue weighted by atomic mass is 32.1. The Balaban J connectivity index is 2.46. The van der Waals surface area contributed by atoms with Crippen LogP contribution in [-0.2, 0) is 0 Å². The summed E-state index contributed by atoms with van der Waals surface area (Å²) >= 11 is 1.41. The molecule has 19 heavy (non-hydrogen) atoms. The molecule has 8 nitrogen and oxygen atoms in total. The van der Waals surface area contributed by atoms with Crippen LogP contribution >= 0.6 is 11.3 Å². The fourth-order valence-electron chi connectivity index (χ4n) is 1.53. The molecule has 0 fully saturated rings. The van der Waals surface area contributed by atoms with Crippen LogP contribution in [0.25, 0.3) is 10.2 Å². The topological polar surface area (TPSA) is 137 Å². The second kappa shape index (κ2) is 5.63. The molecule has 2 aromatic rings. The van der Waals surface area contributed by atoms with Crippen molar-refractivity contribution < 1.29 is 15.3 Å². The molecule has 0 aromatic carbocycles. The van der Waals surface area contributed by atoms with Crippen LogP contribution in [0.2, 0.25) is 0 Å². The summed E-state index contributed by atoms with van der Waals surface area (Å²) in [5.74, 6) is 5.89. The lowest BCUT2D eigenvalue weighted by Gasteiger charge is -2.29. The number of nitrogens with one attached hydrogen (secondary N) is 2. The highest BCUT2D eigenvalue weighted by molar-refractivity contribution is 7.16. The molecule has 0 saturated heterocycles. The molecule has 0 aliphatic rings. The first-order valence-electron chi connectivity index (χ1n) is 5.50. The van der Waals surface area contributed by atoms with Gasteiger partial charge in [-0.15, -0.1) is 11.3 Å². The molecule has 2 aromatic heterocycles. The number of aliphatic hydroxyl groups is 3. The number of anilines is 2. The van der Waals surface area contributed by atoms with Crippen LogP contribution in [0.4, 0.5) is 11.8 Å². The Morgan fingerprint density at radius 1 is 1.21 bits per heavy atom. The summed E-state index contributed by atoms with van der Waals surface area (Å²) in [5.41, 5.74) is 1.09. The van der Waals surface area contributed by atoms with Gasteiger partial charge >= 0.3 is 0 Å². The van der Waals surface area contributed by atoms with Gasteiger partial charge in [-0.2, -0.15) is 4.98 Å². The zero-order valence-corrected chi connectivity index (χ0v) is 10.8. The lowest BCUT2D eigenvalue weighted by molar-refractivity contribution is 0.0832. The smallest absolute Gasteiger partial charge is 0.240 e. The third kappa shape index (κ3) is 2.60. The third-order valence-corrected chi connectivity index (χ3v) is 3.55. The maximum atomic E-state index is 9.32. The van der Waals surface area contributed by atoms with Crippen molar-refractivity contribution in [3.63, 3.8) is 0 Å². The monoisotopic (exact) mass is 285 g/mol. The molecular weight excluding hydrogens is 270 g/mol. The minimum atomic E-state index is -1.25. The Bertz CT molecular complexity index is 549. The van der Waals surface area contributed by atoms with Crippen LogP contribution in [0.1, 0.15) is 0 Å². The Morgan fingerprint density at radius 2 is 1.89 bits per heavy atom. The number of hydrogen-bond donors (Lipinski definition) is 6. The summed E-state index contributed by atoms with van der Waals surface area (Å²) in [5, 5.41) is 33.4. The second-order valence-electron chi connectivity index (χ2n) is 4.06. The van der Waals surface area contributed by atoms with E-state index in [1.165, 1.54) is 11.3 Å². The molecule has 0 bridgehead atoms. The largest absolute Gasteiger partial charge is 0.394 e. The van der Waals surface area contributed by atoms with Gasteiger partial charge in [-0.05, 0) is 11.4 Å². The number of thiophene rings is 1. The number of aromatic nitrogens is 2. The number of hydrazine groups is 1. The molecular formula is C10H15N5O3S. The van der Waals surface area contributed by atoms with Crippen molar-refractivity contribution in [1.82, 2.24) is 9.97 Å². The Labute approximate surface area is 112 Å². The van der Waals surface area contributed by atoms with E-state index in [-0.39, 0.29) is 5.95 Å². The Kier molecular flexibility index (Phi) is 4.12. The SMILES string of the molecule is NNc1nc(NC(CO)(CO)CO)c2ccsc2n1. The zero-order valence-electron chi connectivity index (χ0n) is 10.00. The van der Waals surface area contributed by atoms with Crippen LogP contribution in [0.3, 0.4) is 0 Å². The summed E-state index contributed by atoms with van der Waals surface area (Å²) < 4.78 is 0. The van der Waals surface area contributed by atoms with Gasteiger partial charge < -0.3 is 20.6 Å². The van der Waals surface area contributed by atoms with Crippen molar-refractivity contribution in [2.75, 3.05) is 30.6 Å². The molecule has 104 valence electrons. The summed E-state index contributed by atoms with van der Waals surface area (Å²) in [7, 11) is 0. The molecule has 0 radical (unpaired) electrons. The number of nitrogen functional groups attached to an aromatic ring is 1. The van der Waals surface area contributed by atoms with Crippen molar-refractivity contribution in [1.29, 1.82) is 0 Å². The lowest BCUT2D eigenvalue weighted by atomic mass is 10.0.